The van der Waals surface area contributed by atoms with Gasteiger partial charge < -0.3 is 15.4 Å². The third-order valence-electron chi connectivity index (χ3n) is 3.62. The molecule has 2 N–H and O–H groups in total. The van der Waals surface area contributed by atoms with E-state index in [0.29, 0.717) is 19.7 Å². The lowest BCUT2D eigenvalue weighted by atomic mass is 9.96. The molecule has 0 aromatic heterocycles. The van der Waals surface area contributed by atoms with Gasteiger partial charge in [-0.1, -0.05) is 24.3 Å². The van der Waals surface area contributed by atoms with E-state index < -0.39 is 0 Å². The summed E-state index contributed by atoms with van der Waals surface area (Å²) in [7, 11) is 3.62. The van der Waals surface area contributed by atoms with Crippen molar-refractivity contribution in [2.45, 2.75) is 12.6 Å². The molecular weight excluding hydrogens is 254 g/mol. The number of nitrogens with one attached hydrogen (secondary N) is 2. The number of ether oxygens (including phenoxy) is 1. The van der Waals surface area contributed by atoms with Crippen molar-refractivity contribution in [3.8, 4) is 0 Å². The van der Waals surface area contributed by atoms with Gasteiger partial charge >= 0.3 is 0 Å². The third-order valence-corrected chi connectivity index (χ3v) is 3.62. The van der Waals surface area contributed by atoms with E-state index in [-0.39, 0.29) is 11.9 Å². The number of rotatable bonds is 6. The van der Waals surface area contributed by atoms with E-state index in [9.17, 15) is 4.79 Å². The molecular formula is C15H23N3O2. The first kappa shape index (κ1) is 15.0. The van der Waals surface area contributed by atoms with Gasteiger partial charge in [0.25, 0.3) is 0 Å². The van der Waals surface area contributed by atoms with Crippen LogP contribution in [-0.2, 0) is 16.1 Å². The Labute approximate surface area is 120 Å². The maximum atomic E-state index is 11.9. The van der Waals surface area contributed by atoms with Gasteiger partial charge in [-0.3, -0.25) is 9.69 Å². The maximum Gasteiger partial charge on any atom is 0.234 e. The van der Waals surface area contributed by atoms with Gasteiger partial charge in [0.15, 0.2) is 0 Å². The lowest BCUT2D eigenvalue weighted by Crippen LogP contribution is -2.43. The standard InChI is InChI=1S/C15H23N3O2/c1-18(11-15(19)17-7-8-20-2)14-10-16-9-12-5-3-4-6-13(12)14/h3-6,14,16H,7-11H2,1-2H3,(H,17,19). The molecule has 0 saturated heterocycles. The van der Waals surface area contributed by atoms with Crippen LogP contribution in [0.2, 0.25) is 0 Å². The minimum Gasteiger partial charge on any atom is -0.383 e. The number of nitrogens with zero attached hydrogens (tertiary/aromatic N) is 1. The van der Waals surface area contributed by atoms with Gasteiger partial charge in [-0.05, 0) is 18.2 Å². The highest BCUT2D eigenvalue weighted by Gasteiger charge is 2.24. The summed E-state index contributed by atoms with van der Waals surface area (Å²) < 4.78 is 4.92. The summed E-state index contributed by atoms with van der Waals surface area (Å²) in [6.07, 6.45) is 0. The Morgan fingerprint density at radius 1 is 1.50 bits per heavy atom. The van der Waals surface area contributed by atoms with Gasteiger partial charge in [0.1, 0.15) is 0 Å². The number of amides is 1. The highest BCUT2D eigenvalue weighted by atomic mass is 16.5. The van der Waals surface area contributed by atoms with E-state index in [4.69, 9.17) is 4.74 Å². The summed E-state index contributed by atoms with van der Waals surface area (Å²) in [4.78, 5) is 13.9. The van der Waals surface area contributed by atoms with Crippen LogP contribution in [0.1, 0.15) is 17.2 Å². The van der Waals surface area contributed by atoms with Gasteiger partial charge in [-0.25, -0.2) is 0 Å². The summed E-state index contributed by atoms with van der Waals surface area (Å²) >= 11 is 0. The molecule has 5 heteroatoms. The van der Waals surface area contributed by atoms with Gasteiger partial charge in [-0.15, -0.1) is 0 Å². The topological polar surface area (TPSA) is 53.6 Å². The van der Waals surface area contributed by atoms with Crippen molar-refractivity contribution in [1.29, 1.82) is 0 Å². The van der Waals surface area contributed by atoms with Crippen LogP contribution >= 0.6 is 0 Å². The summed E-state index contributed by atoms with van der Waals surface area (Å²) in [6, 6.07) is 8.65. The summed E-state index contributed by atoms with van der Waals surface area (Å²) in [5.41, 5.74) is 2.63. The average Bonchev–Trinajstić information content (AvgIpc) is 2.47. The van der Waals surface area contributed by atoms with Crippen LogP contribution in [0, 0.1) is 0 Å². The summed E-state index contributed by atoms with van der Waals surface area (Å²) in [6.45, 7) is 3.27. The predicted molar refractivity (Wildman–Crippen MR) is 78.4 cm³/mol. The molecule has 20 heavy (non-hydrogen) atoms. The van der Waals surface area contributed by atoms with E-state index in [2.05, 4.69) is 39.8 Å². The molecule has 0 saturated carbocycles. The number of likely N-dealkylation sites (N-methyl/N-ethyl adjacent to an activating group) is 1. The third kappa shape index (κ3) is 3.79. The van der Waals surface area contributed by atoms with Crippen molar-refractivity contribution in [3.63, 3.8) is 0 Å². The number of fused-ring (bicyclic) bond motifs is 1. The fourth-order valence-electron chi connectivity index (χ4n) is 2.55. The van der Waals surface area contributed by atoms with Crippen LogP contribution < -0.4 is 10.6 Å². The fourth-order valence-corrected chi connectivity index (χ4v) is 2.55. The first-order valence-corrected chi connectivity index (χ1v) is 6.96. The second-order valence-electron chi connectivity index (χ2n) is 5.10. The highest BCUT2D eigenvalue weighted by Crippen LogP contribution is 2.25. The van der Waals surface area contributed by atoms with Crippen LogP contribution in [0.3, 0.4) is 0 Å². The molecule has 5 nitrogen and oxygen atoms in total. The van der Waals surface area contributed by atoms with E-state index in [1.54, 1.807) is 7.11 Å². The number of methoxy groups -OCH3 is 1. The summed E-state index contributed by atoms with van der Waals surface area (Å²) in [5.74, 6) is 0.0348. The lowest BCUT2D eigenvalue weighted by Gasteiger charge is -2.33. The molecule has 0 spiro atoms. The molecule has 0 fully saturated rings. The molecule has 1 unspecified atom stereocenters. The van der Waals surface area contributed by atoms with Gasteiger partial charge in [0.05, 0.1) is 13.2 Å². The van der Waals surface area contributed by atoms with Gasteiger partial charge in [-0.2, -0.15) is 0 Å². The van der Waals surface area contributed by atoms with E-state index in [0.717, 1.165) is 13.1 Å². The molecule has 1 atom stereocenters. The Morgan fingerprint density at radius 2 is 2.30 bits per heavy atom. The molecule has 1 amide bonds. The Morgan fingerprint density at radius 3 is 3.10 bits per heavy atom. The van der Waals surface area contributed by atoms with Crippen molar-refractivity contribution in [3.05, 3.63) is 35.4 Å². The van der Waals surface area contributed by atoms with Crippen LogP contribution in [0.15, 0.2) is 24.3 Å². The average molecular weight is 277 g/mol. The fraction of sp³-hybridized carbons (Fsp3) is 0.533. The largest absolute Gasteiger partial charge is 0.383 e. The molecule has 2 rings (SSSR count). The Kier molecular flexibility index (Phi) is 5.52. The van der Waals surface area contributed by atoms with Crippen molar-refractivity contribution in [2.75, 3.05) is 40.4 Å². The van der Waals surface area contributed by atoms with E-state index in [1.165, 1.54) is 11.1 Å². The Balaban J connectivity index is 1.93. The van der Waals surface area contributed by atoms with Crippen molar-refractivity contribution < 1.29 is 9.53 Å². The lowest BCUT2D eigenvalue weighted by molar-refractivity contribution is -0.122. The molecule has 110 valence electrons. The van der Waals surface area contributed by atoms with Gasteiger partial charge in [0.2, 0.25) is 5.91 Å². The second-order valence-corrected chi connectivity index (χ2v) is 5.10. The predicted octanol–water partition coefficient (Wildman–Crippen LogP) is 0.525. The number of carbonyl (C=O) groups excluding carboxylic acids is 1. The minimum atomic E-state index is 0.0348. The monoisotopic (exact) mass is 277 g/mol. The zero-order valence-electron chi connectivity index (χ0n) is 12.2. The molecule has 0 aliphatic carbocycles. The van der Waals surface area contributed by atoms with E-state index in [1.807, 2.05) is 7.05 Å². The first-order chi connectivity index (χ1) is 9.72. The zero-order chi connectivity index (χ0) is 14.4. The van der Waals surface area contributed by atoms with Gasteiger partial charge in [0, 0.05) is 32.8 Å². The second kappa shape index (κ2) is 7.38. The quantitative estimate of drug-likeness (QED) is 0.745. The number of benzene rings is 1. The molecule has 1 aliphatic heterocycles. The summed E-state index contributed by atoms with van der Waals surface area (Å²) in [5, 5.41) is 6.26. The highest BCUT2D eigenvalue weighted by molar-refractivity contribution is 5.78. The Bertz CT molecular complexity index is 450. The van der Waals surface area contributed by atoms with Crippen molar-refractivity contribution in [2.24, 2.45) is 0 Å². The van der Waals surface area contributed by atoms with E-state index >= 15 is 0 Å². The van der Waals surface area contributed by atoms with Crippen LogP contribution in [0.5, 0.6) is 0 Å². The number of hydrogen-bond donors (Lipinski definition) is 2. The maximum absolute atomic E-state index is 11.9. The number of carbonyl (C=O) groups is 1. The Hall–Kier alpha value is -1.43. The molecule has 1 aromatic rings. The number of hydrogen-bond acceptors (Lipinski definition) is 4. The first-order valence-electron chi connectivity index (χ1n) is 6.96. The molecule has 1 aromatic carbocycles. The SMILES string of the molecule is COCCNC(=O)CN(C)C1CNCc2ccccc21. The molecule has 1 aliphatic rings. The van der Waals surface area contributed by atoms with Crippen molar-refractivity contribution in [1.82, 2.24) is 15.5 Å². The normalized spacial score (nSPS) is 17.9. The van der Waals surface area contributed by atoms with Crippen LogP contribution in [0.4, 0.5) is 0 Å². The molecule has 0 bridgehead atoms. The van der Waals surface area contributed by atoms with Crippen LogP contribution in [-0.4, -0.2) is 51.2 Å². The minimum absolute atomic E-state index is 0.0348. The smallest absolute Gasteiger partial charge is 0.234 e. The molecule has 0 radical (unpaired) electrons. The molecule has 1 heterocycles. The zero-order valence-corrected chi connectivity index (χ0v) is 12.2. The van der Waals surface area contributed by atoms with Crippen LogP contribution in [0.25, 0.3) is 0 Å². The van der Waals surface area contributed by atoms with Crippen molar-refractivity contribution >= 4 is 5.91 Å².